The maximum atomic E-state index is 14.2. The Bertz CT molecular complexity index is 1460. The molecule has 3 aromatic rings. The summed E-state index contributed by atoms with van der Waals surface area (Å²) in [6.07, 6.45) is 5.13. The fourth-order valence-corrected chi connectivity index (χ4v) is 6.75. The zero-order valence-corrected chi connectivity index (χ0v) is 24.1. The first-order valence-electron chi connectivity index (χ1n) is 13.9. The quantitative estimate of drug-likeness (QED) is 0.422. The number of imidazole rings is 1. The number of benzene rings is 2. The summed E-state index contributed by atoms with van der Waals surface area (Å²) in [5.41, 5.74) is 2.17. The van der Waals surface area contributed by atoms with Crippen LogP contribution in [0.25, 0.3) is 11.3 Å². The summed E-state index contributed by atoms with van der Waals surface area (Å²) in [6.45, 7) is 1.47. The Kier molecular flexibility index (Phi) is 8.83. The van der Waals surface area contributed by atoms with Crippen LogP contribution in [0.15, 0.2) is 54.9 Å². The van der Waals surface area contributed by atoms with E-state index in [4.69, 9.17) is 0 Å². The summed E-state index contributed by atoms with van der Waals surface area (Å²) in [5.74, 6) is -1.58. The van der Waals surface area contributed by atoms with Crippen LogP contribution in [0, 0.1) is 11.6 Å². The Morgan fingerprint density at radius 3 is 2.51 bits per heavy atom. The van der Waals surface area contributed by atoms with Crippen LogP contribution in [0.4, 0.5) is 8.78 Å². The van der Waals surface area contributed by atoms with Crippen molar-refractivity contribution < 1.29 is 22.0 Å². The van der Waals surface area contributed by atoms with Crippen LogP contribution in [0.5, 0.6) is 0 Å². The molecule has 5 rings (SSSR count). The normalized spacial score (nSPS) is 21.8. The van der Waals surface area contributed by atoms with Gasteiger partial charge in [0, 0.05) is 57.4 Å². The minimum atomic E-state index is -3.67. The highest BCUT2D eigenvalue weighted by molar-refractivity contribution is 7.87. The second kappa shape index (κ2) is 12.4. The van der Waals surface area contributed by atoms with Gasteiger partial charge >= 0.3 is 0 Å². The Hall–Kier alpha value is -3.19. The number of carbonyl (C=O) groups is 1. The summed E-state index contributed by atoms with van der Waals surface area (Å²) in [6, 6.07) is 12.0. The van der Waals surface area contributed by atoms with E-state index in [1.165, 1.54) is 26.2 Å². The highest BCUT2D eigenvalue weighted by Crippen LogP contribution is 2.35. The Morgan fingerprint density at radius 1 is 1.10 bits per heavy atom. The van der Waals surface area contributed by atoms with Crippen LogP contribution in [0.3, 0.4) is 0 Å². The minimum absolute atomic E-state index is 0.239. The average Bonchev–Trinajstić information content (AvgIpc) is 3.38. The van der Waals surface area contributed by atoms with Gasteiger partial charge in [0.25, 0.3) is 16.1 Å². The molecule has 2 aromatic carbocycles. The van der Waals surface area contributed by atoms with Crippen LogP contribution in [0.1, 0.15) is 47.8 Å². The van der Waals surface area contributed by atoms with E-state index in [2.05, 4.69) is 15.0 Å². The lowest BCUT2D eigenvalue weighted by atomic mass is 9.90. The van der Waals surface area contributed by atoms with Crippen molar-refractivity contribution in [3.8, 4) is 11.3 Å². The van der Waals surface area contributed by atoms with Gasteiger partial charge in [-0.05, 0) is 37.0 Å². The third-order valence-electron chi connectivity index (χ3n) is 7.92. The maximum Gasteiger partial charge on any atom is 0.279 e. The lowest BCUT2D eigenvalue weighted by Crippen LogP contribution is -2.54. The third kappa shape index (κ3) is 6.50. The number of halogens is 2. The number of amides is 1. The molecule has 0 spiro atoms. The molecule has 1 aromatic heterocycles. The van der Waals surface area contributed by atoms with Crippen molar-refractivity contribution in [2.75, 3.05) is 33.7 Å². The van der Waals surface area contributed by atoms with E-state index in [9.17, 15) is 22.0 Å². The summed E-state index contributed by atoms with van der Waals surface area (Å²) in [4.78, 5) is 20.5. The zero-order chi connectivity index (χ0) is 29.1. The van der Waals surface area contributed by atoms with Crippen molar-refractivity contribution in [3.05, 3.63) is 77.8 Å². The molecule has 1 saturated heterocycles. The molecule has 1 amide bonds. The number of hydrogen-bond donors (Lipinski definition) is 2. The fourth-order valence-electron chi connectivity index (χ4n) is 5.88. The van der Waals surface area contributed by atoms with Gasteiger partial charge in [0.05, 0.1) is 18.1 Å². The fraction of sp³-hybridized carbons (Fsp3) is 0.448. The Labute approximate surface area is 239 Å². The summed E-state index contributed by atoms with van der Waals surface area (Å²) in [7, 11) is -0.689. The largest absolute Gasteiger partial charge is 0.331 e. The van der Waals surface area contributed by atoms with Crippen LogP contribution >= 0.6 is 0 Å². The highest BCUT2D eigenvalue weighted by atomic mass is 32.2. The molecule has 2 heterocycles. The van der Waals surface area contributed by atoms with Crippen molar-refractivity contribution in [2.45, 2.75) is 50.2 Å². The molecule has 41 heavy (non-hydrogen) atoms. The van der Waals surface area contributed by atoms with Gasteiger partial charge in [0.15, 0.2) is 5.69 Å². The molecule has 2 aliphatic rings. The van der Waals surface area contributed by atoms with Gasteiger partial charge < -0.3 is 14.8 Å². The van der Waals surface area contributed by atoms with Crippen LogP contribution in [0.2, 0.25) is 0 Å². The molecule has 220 valence electrons. The molecule has 0 bridgehead atoms. The summed E-state index contributed by atoms with van der Waals surface area (Å²) < 4.78 is 59.3. The number of piperazine rings is 1. The van der Waals surface area contributed by atoms with Crippen LogP contribution in [-0.4, -0.2) is 78.9 Å². The highest BCUT2D eigenvalue weighted by Gasteiger charge is 2.36. The van der Waals surface area contributed by atoms with Gasteiger partial charge in [-0.2, -0.15) is 17.4 Å². The van der Waals surface area contributed by atoms with Gasteiger partial charge in [0.1, 0.15) is 11.6 Å². The predicted molar refractivity (Wildman–Crippen MR) is 152 cm³/mol. The van der Waals surface area contributed by atoms with Crippen molar-refractivity contribution in [1.29, 1.82) is 0 Å². The van der Waals surface area contributed by atoms with E-state index in [0.717, 1.165) is 35.2 Å². The van der Waals surface area contributed by atoms with Crippen LogP contribution < -0.4 is 10.0 Å². The van der Waals surface area contributed by atoms with Crippen molar-refractivity contribution in [1.82, 2.24) is 28.8 Å². The monoisotopic (exact) mass is 586 g/mol. The number of rotatable bonds is 8. The van der Waals surface area contributed by atoms with Gasteiger partial charge in [-0.3, -0.25) is 4.79 Å². The Balaban J connectivity index is 1.51. The second-order valence-electron chi connectivity index (χ2n) is 10.9. The van der Waals surface area contributed by atoms with Crippen molar-refractivity contribution >= 4 is 16.1 Å². The number of hydrogen-bond acceptors (Lipinski definition) is 5. The number of nitrogens with one attached hydrogen (secondary N) is 2. The predicted octanol–water partition coefficient (Wildman–Crippen LogP) is 3.36. The number of carbonyl (C=O) groups excluding carboxylic acids is 1. The standard InChI is InChI=1S/C29H36F2N6O3S/c1-35(2)41(39,40)34-25-10-6-7-11-26(25)37-19-33-27(28(37)21-8-4-3-5-9-21)29(38)36-13-12-32-18-24(36)16-20-14-22(30)17-23(31)15-20/h3-5,8-9,14-15,17,19,24-26,32,34H,6-7,10-13,16,18H2,1-2H3/t24-,25+,26+/m1/s1. The molecule has 2 N–H and O–H groups in total. The lowest BCUT2D eigenvalue weighted by molar-refractivity contribution is 0.0631. The van der Waals surface area contributed by atoms with Gasteiger partial charge in [-0.15, -0.1) is 0 Å². The second-order valence-corrected chi connectivity index (χ2v) is 12.8. The van der Waals surface area contributed by atoms with E-state index in [-0.39, 0.29) is 36.1 Å². The topological polar surface area (TPSA) is 99.6 Å². The average molecular weight is 587 g/mol. The first-order valence-corrected chi connectivity index (χ1v) is 15.4. The van der Waals surface area contributed by atoms with Crippen molar-refractivity contribution in [2.24, 2.45) is 0 Å². The zero-order valence-electron chi connectivity index (χ0n) is 23.3. The molecule has 9 nitrogen and oxygen atoms in total. The van der Waals surface area contributed by atoms with E-state index in [0.29, 0.717) is 37.3 Å². The van der Waals surface area contributed by atoms with E-state index in [1.807, 2.05) is 34.9 Å². The van der Waals surface area contributed by atoms with Crippen LogP contribution in [-0.2, 0) is 16.6 Å². The maximum absolute atomic E-state index is 14.2. The van der Waals surface area contributed by atoms with Gasteiger partial charge in [0.2, 0.25) is 0 Å². The molecule has 2 fully saturated rings. The molecule has 1 saturated carbocycles. The lowest BCUT2D eigenvalue weighted by Gasteiger charge is -2.37. The van der Waals surface area contributed by atoms with E-state index < -0.39 is 21.8 Å². The first kappa shape index (κ1) is 29.3. The molecule has 0 unspecified atom stereocenters. The molecule has 0 radical (unpaired) electrons. The van der Waals surface area contributed by atoms with Gasteiger partial charge in [-0.25, -0.2) is 13.8 Å². The molecular formula is C29H36F2N6O3S. The molecule has 12 heteroatoms. The van der Waals surface area contributed by atoms with E-state index >= 15 is 0 Å². The molecular weight excluding hydrogens is 550 g/mol. The number of aromatic nitrogens is 2. The molecule has 1 aliphatic carbocycles. The SMILES string of the molecule is CN(C)S(=O)(=O)N[C@H]1CCCC[C@@H]1n1cnc(C(=O)N2CCNC[C@H]2Cc2cc(F)cc(F)c2)c1-c1ccccc1. The van der Waals surface area contributed by atoms with Crippen molar-refractivity contribution in [3.63, 3.8) is 0 Å². The smallest absolute Gasteiger partial charge is 0.279 e. The summed E-state index contributed by atoms with van der Waals surface area (Å²) in [5, 5.41) is 3.28. The first-order chi connectivity index (χ1) is 19.6. The summed E-state index contributed by atoms with van der Waals surface area (Å²) >= 11 is 0. The number of nitrogens with zero attached hydrogens (tertiary/aromatic N) is 4. The molecule has 1 aliphatic heterocycles. The Morgan fingerprint density at radius 2 is 1.80 bits per heavy atom. The van der Waals surface area contributed by atoms with E-state index in [1.54, 1.807) is 11.2 Å². The van der Waals surface area contributed by atoms with Gasteiger partial charge in [-0.1, -0.05) is 43.2 Å². The third-order valence-corrected chi connectivity index (χ3v) is 9.48. The molecule has 3 atom stereocenters. The minimum Gasteiger partial charge on any atom is -0.331 e.